The summed E-state index contributed by atoms with van der Waals surface area (Å²) in [5.74, 6) is 0.200. The summed E-state index contributed by atoms with van der Waals surface area (Å²) in [6.07, 6.45) is 9.37. The van der Waals surface area contributed by atoms with Crippen LogP contribution in [-0.4, -0.2) is 55.0 Å². The molecule has 1 aliphatic carbocycles. The van der Waals surface area contributed by atoms with Crippen LogP contribution in [0.25, 0.3) is 6.08 Å². The number of benzene rings is 1. The Morgan fingerprint density at radius 3 is 2.50 bits per heavy atom. The van der Waals surface area contributed by atoms with E-state index < -0.39 is 10.9 Å². The number of methoxy groups -OCH3 is 1. The van der Waals surface area contributed by atoms with Gasteiger partial charge in [-0.25, -0.2) is 4.79 Å². The molecule has 0 atom stereocenters. The quantitative estimate of drug-likeness (QED) is 0.306. The molecule has 0 unspecified atom stereocenters. The Kier molecular flexibility index (Phi) is 7.43. The molecule has 1 aromatic carbocycles. The van der Waals surface area contributed by atoms with E-state index in [1.54, 1.807) is 12.1 Å². The van der Waals surface area contributed by atoms with E-state index in [1.807, 2.05) is 9.80 Å². The smallest absolute Gasteiger partial charge is 0.330 e. The fourth-order valence-electron chi connectivity index (χ4n) is 4.25. The predicted octanol–water partition coefficient (Wildman–Crippen LogP) is 3.40. The van der Waals surface area contributed by atoms with Crippen molar-refractivity contribution in [2.75, 3.05) is 38.2 Å². The van der Waals surface area contributed by atoms with Crippen LogP contribution >= 0.6 is 0 Å². The second-order valence-corrected chi connectivity index (χ2v) is 7.94. The first kappa shape index (κ1) is 21.8. The van der Waals surface area contributed by atoms with Crippen LogP contribution in [0.2, 0.25) is 0 Å². The Balaban J connectivity index is 1.62. The lowest BCUT2D eigenvalue weighted by Gasteiger charge is -2.36. The Bertz CT molecular complexity index is 809. The third-order valence-corrected chi connectivity index (χ3v) is 5.97. The molecule has 1 heterocycles. The van der Waals surface area contributed by atoms with Crippen LogP contribution in [0.15, 0.2) is 24.3 Å². The monoisotopic (exact) mass is 415 g/mol. The van der Waals surface area contributed by atoms with Crippen molar-refractivity contribution in [1.82, 2.24) is 4.90 Å². The number of nitrogens with zero attached hydrogens (tertiary/aromatic N) is 3. The summed E-state index contributed by atoms with van der Waals surface area (Å²) in [7, 11) is 1.28. The maximum absolute atomic E-state index is 12.6. The van der Waals surface area contributed by atoms with Gasteiger partial charge in [0.2, 0.25) is 5.91 Å². The predicted molar refractivity (Wildman–Crippen MR) is 114 cm³/mol. The highest BCUT2D eigenvalue weighted by molar-refractivity contribution is 5.87. The summed E-state index contributed by atoms with van der Waals surface area (Å²) >= 11 is 0. The summed E-state index contributed by atoms with van der Waals surface area (Å²) in [5.41, 5.74) is 1.08. The molecule has 1 saturated heterocycles. The number of nitro benzene ring substituents is 1. The molecular weight excluding hydrogens is 386 g/mol. The van der Waals surface area contributed by atoms with Gasteiger partial charge in [0, 0.05) is 44.7 Å². The number of carbonyl (C=O) groups excluding carboxylic acids is 2. The van der Waals surface area contributed by atoms with Crippen molar-refractivity contribution in [2.45, 2.75) is 38.5 Å². The standard InChI is InChI=1S/C22H29N3O5/c1-30-22(27)10-8-18-7-9-19(20(15-18)25(28)29)23-11-13-24(14-12-23)21(26)16-17-5-3-2-4-6-17/h7-10,15,17H,2-6,11-14,16H2,1H3/b10-8+. The molecule has 1 amide bonds. The Morgan fingerprint density at radius 2 is 1.87 bits per heavy atom. The van der Waals surface area contributed by atoms with Crippen molar-refractivity contribution in [3.63, 3.8) is 0 Å². The van der Waals surface area contributed by atoms with Gasteiger partial charge in [0.1, 0.15) is 5.69 Å². The molecule has 1 aliphatic heterocycles. The first-order valence-corrected chi connectivity index (χ1v) is 10.5. The zero-order valence-electron chi connectivity index (χ0n) is 17.4. The van der Waals surface area contributed by atoms with E-state index >= 15 is 0 Å². The van der Waals surface area contributed by atoms with E-state index in [9.17, 15) is 19.7 Å². The summed E-state index contributed by atoms with van der Waals surface area (Å²) in [6.45, 7) is 2.28. The van der Waals surface area contributed by atoms with Gasteiger partial charge in [-0.1, -0.05) is 25.3 Å². The highest BCUT2D eigenvalue weighted by atomic mass is 16.6. The van der Waals surface area contributed by atoms with Gasteiger partial charge in [-0.2, -0.15) is 0 Å². The molecule has 2 aliphatic rings. The van der Waals surface area contributed by atoms with Crippen molar-refractivity contribution in [3.05, 3.63) is 40.0 Å². The van der Waals surface area contributed by atoms with E-state index in [1.165, 1.54) is 44.6 Å². The number of esters is 1. The molecular formula is C22H29N3O5. The normalized spacial score (nSPS) is 17.9. The van der Waals surface area contributed by atoms with E-state index in [2.05, 4.69) is 4.74 Å². The number of carbonyl (C=O) groups is 2. The molecule has 8 heteroatoms. The van der Waals surface area contributed by atoms with E-state index in [-0.39, 0.29) is 11.6 Å². The molecule has 30 heavy (non-hydrogen) atoms. The van der Waals surface area contributed by atoms with Crippen LogP contribution in [-0.2, 0) is 14.3 Å². The summed E-state index contributed by atoms with van der Waals surface area (Å²) in [4.78, 5) is 38.9. The molecule has 1 saturated carbocycles. The van der Waals surface area contributed by atoms with Gasteiger partial charge in [-0.05, 0) is 36.5 Å². The summed E-state index contributed by atoms with van der Waals surface area (Å²) in [6, 6.07) is 4.90. The van der Waals surface area contributed by atoms with Crippen molar-refractivity contribution in [1.29, 1.82) is 0 Å². The minimum Gasteiger partial charge on any atom is -0.466 e. The van der Waals surface area contributed by atoms with Crippen molar-refractivity contribution >= 4 is 29.3 Å². The molecule has 3 rings (SSSR count). The average Bonchev–Trinajstić information content (AvgIpc) is 2.78. The SMILES string of the molecule is COC(=O)/C=C/c1ccc(N2CCN(C(=O)CC3CCCCC3)CC2)c([N+](=O)[O-])c1. The third kappa shape index (κ3) is 5.58. The van der Waals surface area contributed by atoms with Crippen LogP contribution in [0.4, 0.5) is 11.4 Å². The molecule has 8 nitrogen and oxygen atoms in total. The molecule has 1 aromatic rings. The Morgan fingerprint density at radius 1 is 1.17 bits per heavy atom. The van der Waals surface area contributed by atoms with Crippen molar-refractivity contribution in [3.8, 4) is 0 Å². The second-order valence-electron chi connectivity index (χ2n) is 7.94. The van der Waals surface area contributed by atoms with E-state index in [4.69, 9.17) is 0 Å². The zero-order valence-corrected chi connectivity index (χ0v) is 17.4. The fraction of sp³-hybridized carbons (Fsp3) is 0.545. The number of ether oxygens (including phenoxy) is 1. The van der Waals surface area contributed by atoms with E-state index in [0.29, 0.717) is 49.8 Å². The van der Waals surface area contributed by atoms with Crippen LogP contribution in [0.5, 0.6) is 0 Å². The molecule has 2 fully saturated rings. The molecule has 0 spiro atoms. The summed E-state index contributed by atoms with van der Waals surface area (Å²) in [5, 5.41) is 11.6. The maximum Gasteiger partial charge on any atom is 0.330 e. The van der Waals surface area contributed by atoms with Gasteiger partial charge in [-0.3, -0.25) is 14.9 Å². The van der Waals surface area contributed by atoms with Crippen LogP contribution < -0.4 is 4.90 Å². The lowest BCUT2D eigenvalue weighted by Crippen LogP contribution is -2.49. The van der Waals surface area contributed by atoms with Crippen LogP contribution in [0.1, 0.15) is 44.1 Å². The first-order chi connectivity index (χ1) is 14.5. The van der Waals surface area contributed by atoms with Gasteiger partial charge < -0.3 is 14.5 Å². The molecule has 0 radical (unpaired) electrons. The van der Waals surface area contributed by atoms with Crippen LogP contribution in [0.3, 0.4) is 0 Å². The van der Waals surface area contributed by atoms with Gasteiger partial charge >= 0.3 is 5.97 Å². The van der Waals surface area contributed by atoms with Crippen LogP contribution in [0, 0.1) is 16.0 Å². The Hall–Kier alpha value is -2.90. The largest absolute Gasteiger partial charge is 0.466 e. The fourth-order valence-corrected chi connectivity index (χ4v) is 4.25. The van der Waals surface area contributed by atoms with Gasteiger partial charge in [-0.15, -0.1) is 0 Å². The highest BCUT2D eigenvalue weighted by Gasteiger charge is 2.27. The third-order valence-electron chi connectivity index (χ3n) is 5.97. The number of hydrogen-bond acceptors (Lipinski definition) is 6. The lowest BCUT2D eigenvalue weighted by molar-refractivity contribution is -0.384. The number of rotatable bonds is 6. The van der Waals surface area contributed by atoms with Gasteiger partial charge in [0.05, 0.1) is 12.0 Å². The number of anilines is 1. The van der Waals surface area contributed by atoms with Crippen molar-refractivity contribution in [2.24, 2.45) is 5.92 Å². The maximum atomic E-state index is 12.6. The average molecular weight is 415 g/mol. The number of hydrogen-bond donors (Lipinski definition) is 0. The molecule has 0 N–H and O–H groups in total. The first-order valence-electron chi connectivity index (χ1n) is 10.5. The van der Waals surface area contributed by atoms with Gasteiger partial charge in [0.15, 0.2) is 0 Å². The van der Waals surface area contributed by atoms with Crippen molar-refractivity contribution < 1.29 is 19.2 Å². The zero-order chi connectivity index (χ0) is 21.5. The molecule has 162 valence electrons. The number of nitro groups is 1. The molecule has 0 bridgehead atoms. The lowest BCUT2D eigenvalue weighted by atomic mass is 9.86. The topological polar surface area (TPSA) is 93.0 Å². The van der Waals surface area contributed by atoms with Gasteiger partial charge in [0.25, 0.3) is 5.69 Å². The minimum absolute atomic E-state index is 0.0102. The minimum atomic E-state index is -0.518. The number of piperazine rings is 1. The Labute approximate surface area is 176 Å². The summed E-state index contributed by atoms with van der Waals surface area (Å²) < 4.78 is 4.55. The second kappa shape index (κ2) is 10.2. The number of amides is 1. The highest BCUT2D eigenvalue weighted by Crippen LogP contribution is 2.31. The van der Waals surface area contributed by atoms with E-state index in [0.717, 1.165) is 12.8 Å². The molecule has 0 aromatic heterocycles.